The second-order valence-electron chi connectivity index (χ2n) is 6.73. The number of para-hydroxylation sites is 2. The number of rotatable bonds is 7. The van der Waals surface area contributed by atoms with Gasteiger partial charge < -0.3 is 14.6 Å². The van der Waals surface area contributed by atoms with Gasteiger partial charge in [0.25, 0.3) is 0 Å². The van der Waals surface area contributed by atoms with Crippen molar-refractivity contribution in [2.45, 2.75) is 19.9 Å². The zero-order valence-electron chi connectivity index (χ0n) is 15.9. The topological polar surface area (TPSA) is 56.2 Å². The molecule has 0 aliphatic heterocycles. The first-order valence-corrected chi connectivity index (χ1v) is 9.51. The predicted octanol–water partition coefficient (Wildman–Crippen LogP) is 3.95. The van der Waals surface area contributed by atoms with Crippen molar-refractivity contribution in [1.29, 1.82) is 0 Å². The van der Waals surface area contributed by atoms with Crippen molar-refractivity contribution in [2.75, 3.05) is 13.2 Å². The Balaban J connectivity index is 1.52. The molecule has 0 spiro atoms. The van der Waals surface area contributed by atoms with Crippen LogP contribution in [-0.4, -0.2) is 28.6 Å². The van der Waals surface area contributed by atoms with E-state index in [9.17, 15) is 4.79 Å². The summed E-state index contributed by atoms with van der Waals surface area (Å²) in [6, 6.07) is 22.4. The average molecular weight is 373 g/mol. The molecule has 1 amide bonds. The van der Waals surface area contributed by atoms with E-state index in [1.54, 1.807) is 0 Å². The Labute approximate surface area is 164 Å². The minimum atomic E-state index is -0.0260. The lowest BCUT2D eigenvalue weighted by Gasteiger charge is -2.12. The number of aromatic nitrogens is 2. The number of carbonyl (C=O) groups excluding carboxylic acids is 1. The molecule has 0 atom stereocenters. The zero-order chi connectivity index (χ0) is 19.3. The zero-order valence-corrected chi connectivity index (χ0v) is 15.9. The van der Waals surface area contributed by atoms with Crippen LogP contribution in [0.15, 0.2) is 66.7 Å². The quantitative estimate of drug-likeness (QED) is 0.534. The standard InChI is InChI=1S/C23H23N3O2/c1-17(27)24-14-13-23-25-20-10-4-5-11-21(20)26(23)15-16-28-22-12-6-8-18-7-2-3-9-19(18)22/h2-12H,13-16H2,1H3,(H,24,27). The lowest BCUT2D eigenvalue weighted by molar-refractivity contribution is -0.118. The molecule has 5 nitrogen and oxygen atoms in total. The Bertz CT molecular complexity index is 1110. The summed E-state index contributed by atoms with van der Waals surface area (Å²) >= 11 is 0. The van der Waals surface area contributed by atoms with Crippen LogP contribution in [0, 0.1) is 0 Å². The van der Waals surface area contributed by atoms with Crippen LogP contribution in [0.4, 0.5) is 0 Å². The van der Waals surface area contributed by atoms with Crippen molar-refractivity contribution in [2.24, 2.45) is 0 Å². The fraction of sp³-hybridized carbons (Fsp3) is 0.217. The van der Waals surface area contributed by atoms with Crippen LogP contribution in [0.3, 0.4) is 0 Å². The first kappa shape index (κ1) is 18.0. The highest BCUT2D eigenvalue weighted by atomic mass is 16.5. The molecule has 1 N–H and O–H groups in total. The Morgan fingerprint density at radius 1 is 1.04 bits per heavy atom. The highest BCUT2D eigenvalue weighted by Crippen LogP contribution is 2.25. The third-order valence-corrected chi connectivity index (χ3v) is 4.78. The van der Waals surface area contributed by atoms with Gasteiger partial charge in [0, 0.05) is 25.3 Å². The number of nitrogens with zero attached hydrogens (tertiary/aromatic N) is 2. The maximum atomic E-state index is 11.2. The highest BCUT2D eigenvalue weighted by molar-refractivity contribution is 5.88. The van der Waals surface area contributed by atoms with Gasteiger partial charge in [-0.1, -0.05) is 48.5 Å². The van der Waals surface area contributed by atoms with Crippen LogP contribution < -0.4 is 10.1 Å². The molecule has 1 heterocycles. The lowest BCUT2D eigenvalue weighted by Crippen LogP contribution is -2.24. The van der Waals surface area contributed by atoms with Gasteiger partial charge in [0.2, 0.25) is 5.91 Å². The van der Waals surface area contributed by atoms with Gasteiger partial charge in [-0.25, -0.2) is 4.98 Å². The largest absolute Gasteiger partial charge is 0.491 e. The number of amides is 1. The smallest absolute Gasteiger partial charge is 0.216 e. The van der Waals surface area contributed by atoms with Gasteiger partial charge in [0.05, 0.1) is 17.6 Å². The molecule has 4 rings (SSSR count). The van der Waals surface area contributed by atoms with Crippen LogP contribution in [0.5, 0.6) is 5.75 Å². The molecule has 0 saturated heterocycles. The number of imidazole rings is 1. The van der Waals surface area contributed by atoms with Crippen LogP contribution in [0.2, 0.25) is 0 Å². The third kappa shape index (κ3) is 3.83. The number of hydrogen-bond donors (Lipinski definition) is 1. The Morgan fingerprint density at radius 2 is 1.82 bits per heavy atom. The second kappa shape index (κ2) is 8.13. The molecule has 28 heavy (non-hydrogen) atoms. The number of nitrogens with one attached hydrogen (secondary N) is 1. The molecule has 0 aliphatic carbocycles. The fourth-order valence-electron chi connectivity index (χ4n) is 3.48. The molecule has 3 aromatic carbocycles. The molecule has 0 unspecified atom stereocenters. The minimum Gasteiger partial charge on any atom is -0.491 e. The first-order chi connectivity index (χ1) is 13.7. The van der Waals surface area contributed by atoms with Crippen LogP contribution in [0.1, 0.15) is 12.7 Å². The van der Waals surface area contributed by atoms with Gasteiger partial charge in [0.15, 0.2) is 0 Å². The van der Waals surface area contributed by atoms with Gasteiger partial charge in [-0.05, 0) is 23.6 Å². The summed E-state index contributed by atoms with van der Waals surface area (Å²) in [5.74, 6) is 1.82. The van der Waals surface area contributed by atoms with E-state index < -0.39 is 0 Å². The Hall–Kier alpha value is -3.34. The van der Waals surface area contributed by atoms with Gasteiger partial charge in [0.1, 0.15) is 18.2 Å². The van der Waals surface area contributed by atoms with Crippen molar-refractivity contribution < 1.29 is 9.53 Å². The summed E-state index contributed by atoms with van der Waals surface area (Å²) in [5.41, 5.74) is 2.05. The van der Waals surface area contributed by atoms with Crippen molar-refractivity contribution in [3.63, 3.8) is 0 Å². The molecule has 0 radical (unpaired) electrons. The summed E-state index contributed by atoms with van der Waals surface area (Å²) in [5, 5.41) is 5.13. The average Bonchev–Trinajstić information content (AvgIpc) is 3.05. The van der Waals surface area contributed by atoms with Gasteiger partial charge in [-0.3, -0.25) is 4.79 Å². The molecule has 1 aromatic heterocycles. The Morgan fingerprint density at radius 3 is 2.71 bits per heavy atom. The van der Waals surface area contributed by atoms with Crippen LogP contribution >= 0.6 is 0 Å². The summed E-state index contributed by atoms with van der Waals surface area (Å²) in [4.78, 5) is 15.9. The molecule has 0 aliphatic rings. The second-order valence-corrected chi connectivity index (χ2v) is 6.73. The molecular weight excluding hydrogens is 350 g/mol. The number of hydrogen-bond acceptors (Lipinski definition) is 3. The van der Waals surface area contributed by atoms with Crippen molar-refractivity contribution in [3.05, 3.63) is 72.6 Å². The number of fused-ring (bicyclic) bond motifs is 2. The van der Waals surface area contributed by atoms with Gasteiger partial charge >= 0.3 is 0 Å². The van der Waals surface area contributed by atoms with E-state index in [2.05, 4.69) is 34.1 Å². The van der Waals surface area contributed by atoms with Gasteiger partial charge in [-0.2, -0.15) is 0 Å². The molecule has 0 bridgehead atoms. The van der Waals surface area contributed by atoms with Gasteiger partial charge in [-0.15, -0.1) is 0 Å². The number of benzene rings is 3. The van der Waals surface area contributed by atoms with Crippen LogP contribution in [0.25, 0.3) is 21.8 Å². The van der Waals surface area contributed by atoms with Crippen molar-refractivity contribution >= 4 is 27.7 Å². The Kier molecular flexibility index (Phi) is 5.24. The summed E-state index contributed by atoms with van der Waals surface area (Å²) < 4.78 is 8.30. The third-order valence-electron chi connectivity index (χ3n) is 4.78. The molecule has 5 heteroatoms. The molecule has 4 aromatic rings. The molecular formula is C23H23N3O2. The van der Waals surface area contributed by atoms with E-state index in [1.807, 2.05) is 42.5 Å². The number of ether oxygens (including phenoxy) is 1. The SMILES string of the molecule is CC(=O)NCCc1nc2ccccc2n1CCOc1cccc2ccccc12. The van der Waals surface area contributed by atoms with E-state index in [-0.39, 0.29) is 5.91 Å². The molecule has 0 fully saturated rings. The van der Waals surface area contributed by atoms with Crippen LogP contribution in [-0.2, 0) is 17.8 Å². The fourth-order valence-corrected chi connectivity index (χ4v) is 3.48. The van der Waals surface area contributed by atoms with E-state index in [0.29, 0.717) is 26.1 Å². The maximum Gasteiger partial charge on any atom is 0.216 e. The molecule has 142 valence electrons. The normalized spacial score (nSPS) is 11.0. The summed E-state index contributed by atoms with van der Waals surface area (Å²) in [6.45, 7) is 3.34. The first-order valence-electron chi connectivity index (χ1n) is 9.51. The number of carbonyl (C=O) groups is 1. The predicted molar refractivity (Wildman–Crippen MR) is 112 cm³/mol. The molecule has 0 saturated carbocycles. The van der Waals surface area contributed by atoms with Crippen molar-refractivity contribution in [1.82, 2.24) is 14.9 Å². The summed E-state index contributed by atoms with van der Waals surface area (Å²) in [7, 11) is 0. The van der Waals surface area contributed by atoms with E-state index in [4.69, 9.17) is 9.72 Å². The monoisotopic (exact) mass is 373 g/mol. The maximum absolute atomic E-state index is 11.2. The van der Waals surface area contributed by atoms with E-state index in [0.717, 1.165) is 28.0 Å². The van der Waals surface area contributed by atoms with E-state index in [1.165, 1.54) is 12.3 Å². The van der Waals surface area contributed by atoms with E-state index >= 15 is 0 Å². The minimum absolute atomic E-state index is 0.0260. The summed E-state index contributed by atoms with van der Waals surface area (Å²) in [6.07, 6.45) is 0.683. The lowest BCUT2D eigenvalue weighted by atomic mass is 10.1. The highest BCUT2D eigenvalue weighted by Gasteiger charge is 2.11. The van der Waals surface area contributed by atoms with Crippen molar-refractivity contribution in [3.8, 4) is 5.75 Å².